The summed E-state index contributed by atoms with van der Waals surface area (Å²) in [7, 11) is -3.90. The van der Waals surface area contributed by atoms with E-state index in [4.69, 9.17) is 23.2 Å². The molecule has 0 heterocycles. The molecule has 0 aliphatic rings. The van der Waals surface area contributed by atoms with Crippen LogP contribution in [0.1, 0.15) is 11.1 Å². The molecule has 0 saturated carbocycles. The molecular formula is C20H16Cl2N2O2S. The van der Waals surface area contributed by atoms with Gasteiger partial charge in [-0.15, -0.1) is 4.40 Å². The fourth-order valence-corrected chi connectivity index (χ4v) is 3.54. The lowest BCUT2D eigenvalue weighted by Crippen LogP contribution is -2.16. The van der Waals surface area contributed by atoms with Crippen LogP contribution in [0.4, 0.5) is 5.69 Å². The second-order valence-corrected chi connectivity index (χ2v) is 8.34. The van der Waals surface area contributed by atoms with Crippen LogP contribution in [-0.4, -0.2) is 14.3 Å². The number of anilines is 1. The molecule has 0 fully saturated rings. The molecule has 1 N–H and O–H groups in total. The van der Waals surface area contributed by atoms with Crippen LogP contribution in [0.15, 0.2) is 82.1 Å². The van der Waals surface area contributed by atoms with Crippen molar-refractivity contribution < 1.29 is 8.42 Å². The Bertz CT molecular complexity index is 1060. The minimum atomic E-state index is -3.90. The topological polar surface area (TPSA) is 58.5 Å². The Hall–Kier alpha value is -2.34. The number of sulfonamides is 1. The number of benzene rings is 3. The highest BCUT2D eigenvalue weighted by molar-refractivity contribution is 7.90. The van der Waals surface area contributed by atoms with E-state index in [1.54, 1.807) is 60.7 Å². The maximum atomic E-state index is 12.8. The fraction of sp³-hybridized carbons (Fsp3) is 0.0500. The lowest BCUT2D eigenvalue weighted by Gasteiger charge is -2.11. The minimum absolute atomic E-state index is 0.123. The molecule has 0 bridgehead atoms. The van der Waals surface area contributed by atoms with Crippen LogP contribution < -0.4 is 5.32 Å². The van der Waals surface area contributed by atoms with Gasteiger partial charge in [-0.3, -0.25) is 0 Å². The van der Waals surface area contributed by atoms with Gasteiger partial charge in [0.05, 0.1) is 4.90 Å². The van der Waals surface area contributed by atoms with Crippen LogP contribution >= 0.6 is 23.2 Å². The monoisotopic (exact) mass is 418 g/mol. The summed E-state index contributed by atoms with van der Waals surface area (Å²) in [6.45, 7) is 1.89. The Balaban J connectivity index is 2.04. The van der Waals surface area contributed by atoms with Crippen molar-refractivity contribution in [2.75, 3.05) is 5.32 Å². The molecule has 0 aliphatic carbocycles. The molecule has 0 aromatic heterocycles. The molecule has 4 nitrogen and oxygen atoms in total. The van der Waals surface area contributed by atoms with Gasteiger partial charge in [0.15, 0.2) is 5.84 Å². The molecule has 0 unspecified atom stereocenters. The number of aryl methyl sites for hydroxylation is 1. The van der Waals surface area contributed by atoms with Crippen molar-refractivity contribution in [1.29, 1.82) is 0 Å². The third kappa shape index (κ3) is 5.10. The zero-order valence-corrected chi connectivity index (χ0v) is 16.7. The van der Waals surface area contributed by atoms with Crippen LogP contribution in [0.5, 0.6) is 0 Å². The molecule has 0 radical (unpaired) electrons. The van der Waals surface area contributed by atoms with Crippen molar-refractivity contribution in [2.24, 2.45) is 4.40 Å². The van der Waals surface area contributed by atoms with E-state index in [0.717, 1.165) is 5.56 Å². The fourth-order valence-electron chi connectivity index (χ4n) is 2.31. The van der Waals surface area contributed by atoms with E-state index < -0.39 is 10.0 Å². The molecule has 3 aromatic carbocycles. The SMILES string of the molecule is Cc1ccc(S(=O)(=O)/N=C(\Nc2ccc(Cl)cc2)c2ccc(Cl)cc2)cc1. The maximum Gasteiger partial charge on any atom is 0.284 e. The van der Waals surface area contributed by atoms with Crippen molar-refractivity contribution in [3.05, 3.63) is 94.0 Å². The molecule has 7 heteroatoms. The Morgan fingerprint density at radius 3 is 1.89 bits per heavy atom. The van der Waals surface area contributed by atoms with Gasteiger partial charge in [0.25, 0.3) is 10.0 Å². The second kappa shape index (κ2) is 8.13. The van der Waals surface area contributed by atoms with E-state index in [1.165, 1.54) is 12.1 Å². The molecule has 0 saturated heterocycles. The summed E-state index contributed by atoms with van der Waals surface area (Å²) < 4.78 is 29.6. The normalized spacial score (nSPS) is 12.0. The summed E-state index contributed by atoms with van der Waals surface area (Å²) in [5, 5.41) is 4.18. The van der Waals surface area contributed by atoms with E-state index in [9.17, 15) is 8.42 Å². The third-order valence-corrected chi connectivity index (χ3v) is 5.55. The third-order valence-electron chi connectivity index (χ3n) is 3.75. The van der Waals surface area contributed by atoms with Crippen LogP contribution in [0.2, 0.25) is 10.0 Å². The number of amidine groups is 1. The first kappa shape index (κ1) is 19.4. The number of nitrogens with one attached hydrogen (secondary N) is 1. The Labute approximate surface area is 168 Å². The van der Waals surface area contributed by atoms with Gasteiger partial charge in [-0.2, -0.15) is 8.42 Å². The number of hydrogen-bond donors (Lipinski definition) is 1. The Morgan fingerprint density at radius 1 is 0.815 bits per heavy atom. The Kier molecular flexibility index (Phi) is 5.85. The maximum absolute atomic E-state index is 12.8. The van der Waals surface area contributed by atoms with Crippen molar-refractivity contribution in [3.63, 3.8) is 0 Å². The summed E-state index contributed by atoms with van der Waals surface area (Å²) in [4.78, 5) is 0.123. The van der Waals surface area contributed by atoms with E-state index in [0.29, 0.717) is 21.3 Å². The first-order valence-corrected chi connectivity index (χ1v) is 10.2. The van der Waals surface area contributed by atoms with E-state index in [1.807, 2.05) is 6.92 Å². The van der Waals surface area contributed by atoms with Gasteiger partial charge in [-0.1, -0.05) is 40.9 Å². The number of nitrogens with zero attached hydrogens (tertiary/aromatic N) is 1. The number of rotatable bonds is 4. The highest BCUT2D eigenvalue weighted by Gasteiger charge is 2.16. The highest BCUT2D eigenvalue weighted by Crippen LogP contribution is 2.19. The molecule has 138 valence electrons. The Morgan fingerprint density at radius 2 is 1.33 bits per heavy atom. The van der Waals surface area contributed by atoms with Crippen LogP contribution in [-0.2, 0) is 10.0 Å². The highest BCUT2D eigenvalue weighted by atomic mass is 35.5. The molecule has 0 aliphatic heterocycles. The van der Waals surface area contributed by atoms with Gasteiger partial charge in [-0.25, -0.2) is 0 Å². The largest absolute Gasteiger partial charge is 0.339 e. The van der Waals surface area contributed by atoms with Crippen LogP contribution in [0.3, 0.4) is 0 Å². The van der Waals surface area contributed by atoms with E-state index >= 15 is 0 Å². The quantitative estimate of drug-likeness (QED) is 0.446. The van der Waals surface area contributed by atoms with Crippen LogP contribution in [0.25, 0.3) is 0 Å². The molecule has 0 spiro atoms. The lowest BCUT2D eigenvalue weighted by atomic mass is 10.2. The van der Waals surface area contributed by atoms with Crippen LogP contribution in [0, 0.1) is 6.92 Å². The van der Waals surface area contributed by atoms with Gasteiger partial charge in [0.1, 0.15) is 0 Å². The van der Waals surface area contributed by atoms with Crippen molar-refractivity contribution in [2.45, 2.75) is 11.8 Å². The smallest absolute Gasteiger partial charge is 0.284 e. The average Bonchev–Trinajstić information content (AvgIpc) is 2.64. The predicted octanol–water partition coefficient (Wildman–Crippen LogP) is 5.55. The molecule has 3 rings (SSSR count). The number of hydrogen-bond acceptors (Lipinski definition) is 2. The van der Waals surface area contributed by atoms with Gasteiger partial charge in [-0.05, 0) is 67.6 Å². The van der Waals surface area contributed by atoms with Gasteiger partial charge in [0.2, 0.25) is 0 Å². The lowest BCUT2D eigenvalue weighted by molar-refractivity contribution is 0.598. The molecule has 0 atom stereocenters. The summed E-state index contributed by atoms with van der Waals surface area (Å²) in [6, 6.07) is 20.2. The predicted molar refractivity (Wildman–Crippen MR) is 111 cm³/mol. The zero-order chi connectivity index (χ0) is 19.4. The first-order valence-electron chi connectivity index (χ1n) is 8.04. The average molecular weight is 419 g/mol. The summed E-state index contributed by atoms with van der Waals surface area (Å²) in [5.74, 6) is 0.189. The minimum Gasteiger partial charge on any atom is -0.339 e. The summed E-state index contributed by atoms with van der Waals surface area (Å²) in [6.07, 6.45) is 0. The summed E-state index contributed by atoms with van der Waals surface area (Å²) in [5.41, 5.74) is 2.22. The molecule has 0 amide bonds. The van der Waals surface area contributed by atoms with E-state index in [2.05, 4.69) is 9.71 Å². The van der Waals surface area contributed by atoms with Gasteiger partial charge < -0.3 is 5.32 Å². The number of halogens is 2. The van der Waals surface area contributed by atoms with Crippen molar-refractivity contribution in [1.82, 2.24) is 0 Å². The van der Waals surface area contributed by atoms with Crippen molar-refractivity contribution >= 4 is 44.7 Å². The molecule has 27 heavy (non-hydrogen) atoms. The first-order chi connectivity index (χ1) is 12.8. The molecular weight excluding hydrogens is 403 g/mol. The second-order valence-electron chi connectivity index (χ2n) is 5.87. The van der Waals surface area contributed by atoms with Gasteiger partial charge in [0, 0.05) is 21.3 Å². The summed E-state index contributed by atoms with van der Waals surface area (Å²) >= 11 is 11.9. The standard InChI is InChI=1S/C20H16Cl2N2O2S/c1-14-2-12-19(13-3-14)27(25,26)24-20(15-4-6-16(21)7-5-15)23-18-10-8-17(22)9-11-18/h2-13H,1H3,(H,23,24). The van der Waals surface area contributed by atoms with Crippen molar-refractivity contribution in [3.8, 4) is 0 Å². The molecule has 3 aromatic rings. The van der Waals surface area contributed by atoms with Gasteiger partial charge >= 0.3 is 0 Å². The van der Waals surface area contributed by atoms with E-state index in [-0.39, 0.29) is 10.7 Å². The zero-order valence-electron chi connectivity index (χ0n) is 14.4.